The molecule has 1 aromatic carbocycles. The Hall–Kier alpha value is -2.84. The maximum atomic E-state index is 13.5. The van der Waals surface area contributed by atoms with Crippen LogP contribution in [-0.4, -0.2) is 38.6 Å². The highest BCUT2D eigenvalue weighted by Gasteiger charge is 2.46. The number of rotatable bonds is 2. The number of fused-ring (bicyclic) bond motifs is 1. The summed E-state index contributed by atoms with van der Waals surface area (Å²) in [5.74, 6) is -0.269. The smallest absolute Gasteiger partial charge is 0.351 e. The molecule has 1 N–H and O–H groups in total. The molecule has 0 bridgehead atoms. The number of aryl methyl sites for hydroxylation is 1. The highest BCUT2D eigenvalue weighted by Crippen LogP contribution is 2.41. The lowest BCUT2D eigenvalue weighted by atomic mass is 10.0. The van der Waals surface area contributed by atoms with Crippen LogP contribution in [0.1, 0.15) is 58.9 Å². The Morgan fingerprint density at radius 3 is 2.53 bits per heavy atom. The molecule has 0 spiro atoms. The Kier molecular flexibility index (Phi) is 5.07. The van der Waals surface area contributed by atoms with Crippen molar-refractivity contribution in [2.24, 2.45) is 7.05 Å². The lowest BCUT2D eigenvalue weighted by Gasteiger charge is -2.31. The summed E-state index contributed by atoms with van der Waals surface area (Å²) in [5, 5.41) is 7.15. The molecule has 2 amide bonds. The maximum Gasteiger partial charge on any atom is 0.416 e. The lowest BCUT2D eigenvalue weighted by Crippen LogP contribution is -2.45. The Bertz CT molecular complexity index is 968. The SMILES string of the molecule is Cc1c(C(=O)N2[C@@H](c3ccc(C(F)(F)F)cc3)C[C@@H]3NC(=O)CCC[C@H]32)cnn1C. The van der Waals surface area contributed by atoms with Crippen molar-refractivity contribution >= 4 is 11.8 Å². The first-order valence-electron chi connectivity index (χ1n) is 9.94. The van der Waals surface area contributed by atoms with Gasteiger partial charge < -0.3 is 10.2 Å². The molecule has 2 aromatic rings. The van der Waals surface area contributed by atoms with Gasteiger partial charge in [-0.1, -0.05) is 12.1 Å². The number of carbonyl (C=O) groups is 2. The van der Waals surface area contributed by atoms with Crippen LogP contribution in [0.5, 0.6) is 0 Å². The maximum absolute atomic E-state index is 13.5. The van der Waals surface area contributed by atoms with Crippen molar-refractivity contribution in [2.75, 3.05) is 0 Å². The Morgan fingerprint density at radius 1 is 1.23 bits per heavy atom. The van der Waals surface area contributed by atoms with Gasteiger partial charge in [-0.3, -0.25) is 14.3 Å². The molecule has 2 saturated heterocycles. The van der Waals surface area contributed by atoms with E-state index in [4.69, 9.17) is 0 Å². The molecule has 4 rings (SSSR count). The lowest BCUT2D eigenvalue weighted by molar-refractivity contribution is -0.137. The fourth-order valence-corrected chi connectivity index (χ4v) is 4.51. The van der Waals surface area contributed by atoms with Gasteiger partial charge in [-0.2, -0.15) is 18.3 Å². The summed E-state index contributed by atoms with van der Waals surface area (Å²) in [4.78, 5) is 27.3. The Labute approximate surface area is 172 Å². The molecule has 0 aliphatic carbocycles. The second-order valence-electron chi connectivity index (χ2n) is 7.98. The molecule has 2 aliphatic rings. The van der Waals surface area contributed by atoms with Crippen LogP contribution < -0.4 is 5.32 Å². The molecule has 2 fully saturated rings. The molecule has 160 valence electrons. The van der Waals surface area contributed by atoms with Crippen molar-refractivity contribution < 1.29 is 22.8 Å². The highest BCUT2D eigenvalue weighted by molar-refractivity contribution is 5.96. The van der Waals surface area contributed by atoms with Crippen LogP contribution in [0, 0.1) is 6.92 Å². The number of benzene rings is 1. The highest BCUT2D eigenvalue weighted by atomic mass is 19.4. The summed E-state index contributed by atoms with van der Waals surface area (Å²) < 4.78 is 40.5. The third-order valence-electron chi connectivity index (χ3n) is 6.21. The summed E-state index contributed by atoms with van der Waals surface area (Å²) in [6.07, 6.45) is -0.715. The number of amides is 2. The molecule has 3 heterocycles. The van der Waals surface area contributed by atoms with Crippen LogP contribution in [0.15, 0.2) is 30.5 Å². The monoisotopic (exact) mass is 420 g/mol. The van der Waals surface area contributed by atoms with E-state index in [-0.39, 0.29) is 23.9 Å². The number of aromatic nitrogens is 2. The molecular formula is C21H23F3N4O2. The number of likely N-dealkylation sites (tertiary alicyclic amines) is 1. The minimum Gasteiger partial charge on any atom is -0.351 e. The minimum absolute atomic E-state index is 0.0551. The molecule has 6 nitrogen and oxygen atoms in total. The number of carbonyl (C=O) groups excluding carboxylic acids is 2. The molecular weight excluding hydrogens is 397 g/mol. The quantitative estimate of drug-likeness (QED) is 0.810. The number of hydrogen-bond acceptors (Lipinski definition) is 3. The van der Waals surface area contributed by atoms with E-state index < -0.39 is 17.8 Å². The van der Waals surface area contributed by atoms with E-state index in [9.17, 15) is 22.8 Å². The Balaban J connectivity index is 1.72. The van der Waals surface area contributed by atoms with Crippen LogP contribution >= 0.6 is 0 Å². The van der Waals surface area contributed by atoms with Gasteiger partial charge in [-0.05, 0) is 43.9 Å². The van der Waals surface area contributed by atoms with Gasteiger partial charge in [0, 0.05) is 19.2 Å². The van der Waals surface area contributed by atoms with Gasteiger partial charge in [-0.25, -0.2) is 0 Å². The second-order valence-corrected chi connectivity index (χ2v) is 7.98. The number of halogens is 3. The third-order valence-corrected chi connectivity index (χ3v) is 6.21. The molecule has 30 heavy (non-hydrogen) atoms. The van der Waals surface area contributed by atoms with E-state index in [1.54, 1.807) is 23.6 Å². The Morgan fingerprint density at radius 2 is 1.93 bits per heavy atom. The molecule has 9 heteroatoms. The average Bonchev–Trinajstić information content (AvgIpc) is 3.15. The van der Waals surface area contributed by atoms with Gasteiger partial charge in [0.1, 0.15) is 0 Å². The zero-order valence-electron chi connectivity index (χ0n) is 16.7. The third kappa shape index (κ3) is 3.57. The second kappa shape index (κ2) is 7.45. The van der Waals surface area contributed by atoms with Crippen molar-refractivity contribution in [1.29, 1.82) is 0 Å². The van der Waals surface area contributed by atoms with Crippen molar-refractivity contribution in [1.82, 2.24) is 20.0 Å². The summed E-state index contributed by atoms with van der Waals surface area (Å²) in [6.45, 7) is 1.80. The topological polar surface area (TPSA) is 67.2 Å². The molecule has 2 aliphatic heterocycles. The normalized spacial score (nSPS) is 24.4. The first-order valence-corrected chi connectivity index (χ1v) is 9.94. The summed E-state index contributed by atoms with van der Waals surface area (Å²) in [7, 11) is 1.75. The van der Waals surface area contributed by atoms with Crippen LogP contribution in [0.2, 0.25) is 0 Å². The zero-order chi connectivity index (χ0) is 21.6. The van der Waals surface area contributed by atoms with Crippen LogP contribution in [0.4, 0.5) is 13.2 Å². The molecule has 0 unspecified atom stereocenters. The van der Waals surface area contributed by atoms with E-state index in [1.807, 2.05) is 0 Å². The molecule has 0 radical (unpaired) electrons. The van der Waals surface area contributed by atoms with Crippen molar-refractivity contribution in [3.8, 4) is 0 Å². The van der Waals surface area contributed by atoms with Gasteiger partial charge in [0.05, 0.1) is 35.4 Å². The zero-order valence-corrected chi connectivity index (χ0v) is 16.7. The van der Waals surface area contributed by atoms with Crippen LogP contribution in [0.3, 0.4) is 0 Å². The summed E-state index contributed by atoms with van der Waals surface area (Å²) in [5.41, 5.74) is 1.07. The van der Waals surface area contributed by atoms with Crippen molar-refractivity contribution in [3.63, 3.8) is 0 Å². The fourth-order valence-electron chi connectivity index (χ4n) is 4.51. The van der Waals surface area contributed by atoms with E-state index in [1.165, 1.54) is 18.3 Å². The van der Waals surface area contributed by atoms with E-state index in [2.05, 4.69) is 10.4 Å². The van der Waals surface area contributed by atoms with Crippen molar-refractivity contribution in [3.05, 3.63) is 52.8 Å². The first kappa shape index (κ1) is 20.4. The van der Waals surface area contributed by atoms with E-state index in [0.29, 0.717) is 42.5 Å². The van der Waals surface area contributed by atoms with Gasteiger partial charge in [0.25, 0.3) is 5.91 Å². The first-order chi connectivity index (χ1) is 14.2. The van der Waals surface area contributed by atoms with E-state index >= 15 is 0 Å². The number of alkyl halides is 3. The largest absolute Gasteiger partial charge is 0.416 e. The van der Waals surface area contributed by atoms with Crippen LogP contribution in [-0.2, 0) is 18.0 Å². The average molecular weight is 420 g/mol. The van der Waals surface area contributed by atoms with Crippen molar-refractivity contribution in [2.45, 2.75) is 56.9 Å². The molecule has 3 atom stereocenters. The van der Waals surface area contributed by atoms with Gasteiger partial charge in [-0.15, -0.1) is 0 Å². The number of nitrogens with zero attached hydrogens (tertiary/aromatic N) is 3. The standard InChI is InChI=1S/C21H23F3N4O2/c1-12-15(11-25-27(12)2)20(30)28-17-4-3-5-19(29)26-16(17)10-18(28)13-6-8-14(9-7-13)21(22,23)24/h6-9,11,16-18H,3-5,10H2,1-2H3,(H,26,29)/t16-,17+,18+/m0/s1. The molecule has 0 saturated carbocycles. The number of hydrogen-bond donors (Lipinski definition) is 1. The summed E-state index contributed by atoms with van der Waals surface area (Å²) in [6, 6.07) is 4.07. The van der Waals surface area contributed by atoms with Gasteiger partial charge >= 0.3 is 6.18 Å². The summed E-state index contributed by atoms with van der Waals surface area (Å²) >= 11 is 0. The van der Waals surface area contributed by atoms with E-state index in [0.717, 1.165) is 12.1 Å². The molecule has 1 aromatic heterocycles. The van der Waals surface area contributed by atoms with Crippen LogP contribution in [0.25, 0.3) is 0 Å². The predicted molar refractivity (Wildman–Crippen MR) is 102 cm³/mol. The van der Waals surface area contributed by atoms with Gasteiger partial charge in [0.2, 0.25) is 5.91 Å². The fraction of sp³-hybridized carbons (Fsp3) is 0.476. The predicted octanol–water partition coefficient (Wildman–Crippen LogP) is 3.37. The minimum atomic E-state index is -4.42. The number of nitrogens with one attached hydrogen (secondary N) is 1. The van der Waals surface area contributed by atoms with Gasteiger partial charge in [0.15, 0.2) is 0 Å².